The van der Waals surface area contributed by atoms with Crippen molar-refractivity contribution < 1.29 is 4.74 Å². The zero-order valence-corrected chi connectivity index (χ0v) is 8.13. The van der Waals surface area contributed by atoms with Gasteiger partial charge in [0, 0.05) is 13.1 Å². The summed E-state index contributed by atoms with van der Waals surface area (Å²) in [6, 6.07) is 0. The van der Waals surface area contributed by atoms with Gasteiger partial charge >= 0.3 is 0 Å². The van der Waals surface area contributed by atoms with Crippen molar-refractivity contribution in [1.82, 2.24) is 16.6 Å². The van der Waals surface area contributed by atoms with Gasteiger partial charge in [0.15, 0.2) is 0 Å². The molecule has 0 saturated carbocycles. The van der Waals surface area contributed by atoms with Gasteiger partial charge in [-0.25, -0.2) is 5.01 Å². The van der Waals surface area contributed by atoms with Crippen LogP contribution in [0, 0.1) is 0 Å². The molecule has 0 aromatic carbocycles. The number of hydrogen-bond donors (Lipinski definition) is 2. The molecule has 0 aromatic heterocycles. The van der Waals surface area contributed by atoms with Crippen molar-refractivity contribution in [2.75, 3.05) is 26.3 Å². The van der Waals surface area contributed by atoms with Crippen LogP contribution in [0.5, 0.6) is 0 Å². The van der Waals surface area contributed by atoms with Gasteiger partial charge in [-0.05, 0) is 4.32 Å². The SMILES string of the molecule is S=C([S-])NN1CCOCC1.[NH4+]. The Bertz CT molecular complexity index is 127. The lowest BCUT2D eigenvalue weighted by Crippen LogP contribution is -2.47. The van der Waals surface area contributed by atoms with Crippen LogP contribution in [0.4, 0.5) is 0 Å². The summed E-state index contributed by atoms with van der Waals surface area (Å²) in [5.41, 5.74) is 2.88. The van der Waals surface area contributed by atoms with E-state index in [1.54, 1.807) is 0 Å². The van der Waals surface area contributed by atoms with Crippen LogP contribution in [0.3, 0.4) is 0 Å². The first kappa shape index (κ1) is 11.0. The Morgan fingerprint density at radius 1 is 1.45 bits per heavy atom. The summed E-state index contributed by atoms with van der Waals surface area (Å²) in [7, 11) is 0. The van der Waals surface area contributed by atoms with E-state index in [0.717, 1.165) is 26.3 Å². The molecule has 1 aliphatic heterocycles. The van der Waals surface area contributed by atoms with Crippen molar-refractivity contribution in [3.05, 3.63) is 0 Å². The predicted octanol–water partition coefficient (Wildman–Crippen LogP) is 0.0312. The third-order valence-electron chi connectivity index (χ3n) is 1.26. The molecule has 0 bridgehead atoms. The Hall–Kier alpha value is -0.0100. The Kier molecular flexibility index (Phi) is 5.61. The lowest BCUT2D eigenvalue weighted by atomic mass is 10.5. The van der Waals surface area contributed by atoms with Crippen LogP contribution in [-0.4, -0.2) is 35.6 Å². The second-order valence-electron chi connectivity index (χ2n) is 2.00. The highest BCUT2D eigenvalue weighted by atomic mass is 32.1. The van der Waals surface area contributed by atoms with Gasteiger partial charge in [0.2, 0.25) is 0 Å². The number of ether oxygens (including phenoxy) is 1. The van der Waals surface area contributed by atoms with Crippen LogP contribution in [0.25, 0.3) is 0 Å². The first-order valence-corrected chi connectivity index (χ1v) is 3.91. The number of quaternary nitrogens is 1. The van der Waals surface area contributed by atoms with E-state index in [1.807, 2.05) is 5.01 Å². The largest absolute Gasteiger partial charge is 0.410 e. The summed E-state index contributed by atoms with van der Waals surface area (Å²) in [5.74, 6) is 0. The second-order valence-corrected chi connectivity index (χ2v) is 3.07. The molecular formula is C5H13N3OS2. The number of nitrogens with zero attached hydrogens (tertiary/aromatic N) is 1. The molecule has 5 N–H and O–H groups in total. The normalized spacial score (nSPS) is 18.5. The second kappa shape index (κ2) is 5.62. The molecule has 1 heterocycles. The van der Waals surface area contributed by atoms with Gasteiger partial charge in [0.25, 0.3) is 0 Å². The molecule has 1 aliphatic rings. The molecule has 1 fully saturated rings. The van der Waals surface area contributed by atoms with Gasteiger partial charge in [-0.2, -0.15) is 0 Å². The van der Waals surface area contributed by atoms with E-state index in [4.69, 9.17) is 29.6 Å². The molecule has 0 spiro atoms. The van der Waals surface area contributed by atoms with Gasteiger partial charge in [-0.1, -0.05) is 0 Å². The first-order chi connectivity index (χ1) is 4.79. The average Bonchev–Trinajstić information content (AvgIpc) is 1.88. The van der Waals surface area contributed by atoms with Crippen molar-refractivity contribution in [3.8, 4) is 0 Å². The fraction of sp³-hybridized carbons (Fsp3) is 0.800. The van der Waals surface area contributed by atoms with Gasteiger partial charge < -0.3 is 41.2 Å². The number of hydrogen-bond acceptors (Lipinski definition) is 4. The Labute approximate surface area is 77.2 Å². The fourth-order valence-electron chi connectivity index (χ4n) is 0.804. The topological polar surface area (TPSA) is 61.0 Å². The van der Waals surface area contributed by atoms with Crippen molar-refractivity contribution in [1.29, 1.82) is 0 Å². The first-order valence-electron chi connectivity index (χ1n) is 3.09. The van der Waals surface area contributed by atoms with E-state index >= 15 is 0 Å². The zero-order chi connectivity index (χ0) is 7.40. The molecule has 0 aromatic rings. The quantitative estimate of drug-likeness (QED) is 0.457. The summed E-state index contributed by atoms with van der Waals surface area (Å²) in [6.45, 7) is 3.23. The van der Waals surface area contributed by atoms with Gasteiger partial charge in [-0.3, -0.25) is 0 Å². The van der Waals surface area contributed by atoms with E-state index in [0.29, 0.717) is 4.32 Å². The van der Waals surface area contributed by atoms with E-state index in [1.165, 1.54) is 0 Å². The highest BCUT2D eigenvalue weighted by Gasteiger charge is 2.07. The molecule has 0 unspecified atom stereocenters. The van der Waals surface area contributed by atoms with Gasteiger partial charge in [0.1, 0.15) is 0 Å². The van der Waals surface area contributed by atoms with E-state index < -0.39 is 0 Å². The Morgan fingerprint density at radius 2 is 2.00 bits per heavy atom. The summed E-state index contributed by atoms with van der Waals surface area (Å²) < 4.78 is 5.53. The van der Waals surface area contributed by atoms with Crippen molar-refractivity contribution >= 4 is 29.2 Å². The van der Waals surface area contributed by atoms with Gasteiger partial charge in [0.05, 0.1) is 13.2 Å². The standard InChI is InChI=1S/C5H10N2OS2.H3N/c9-5(10)6-7-1-3-8-4-2-7;/h1-4H2,(H2,6,9,10);1H3. The maximum Gasteiger partial charge on any atom is 0.0612 e. The van der Waals surface area contributed by atoms with Crippen molar-refractivity contribution in [2.45, 2.75) is 0 Å². The van der Waals surface area contributed by atoms with Crippen LogP contribution < -0.4 is 11.6 Å². The summed E-state index contributed by atoms with van der Waals surface area (Å²) in [4.78, 5) is 0. The fourth-order valence-corrected chi connectivity index (χ4v) is 1.06. The summed E-state index contributed by atoms with van der Waals surface area (Å²) in [6.07, 6.45) is 0. The van der Waals surface area contributed by atoms with Crippen LogP contribution in [0.15, 0.2) is 0 Å². The molecular weight excluding hydrogens is 182 g/mol. The average molecular weight is 195 g/mol. The highest BCUT2D eigenvalue weighted by Crippen LogP contribution is 1.91. The minimum Gasteiger partial charge on any atom is -0.410 e. The monoisotopic (exact) mass is 195 g/mol. The number of hydrazine groups is 1. The lowest BCUT2D eigenvalue weighted by Gasteiger charge is -2.29. The number of nitrogens with one attached hydrogen (secondary N) is 1. The Morgan fingerprint density at radius 3 is 2.45 bits per heavy atom. The molecule has 6 heteroatoms. The van der Waals surface area contributed by atoms with Gasteiger partial charge in [-0.15, -0.1) is 0 Å². The predicted molar refractivity (Wildman–Crippen MR) is 51.5 cm³/mol. The van der Waals surface area contributed by atoms with E-state index in [-0.39, 0.29) is 6.15 Å². The molecule has 0 aliphatic carbocycles. The van der Waals surface area contributed by atoms with Crippen molar-refractivity contribution in [2.24, 2.45) is 0 Å². The molecule has 0 atom stereocenters. The van der Waals surface area contributed by atoms with E-state index in [9.17, 15) is 0 Å². The minimum atomic E-state index is 0. The molecule has 0 amide bonds. The minimum absolute atomic E-state index is 0. The molecule has 0 radical (unpaired) electrons. The van der Waals surface area contributed by atoms with Crippen LogP contribution in [0.1, 0.15) is 0 Å². The zero-order valence-electron chi connectivity index (χ0n) is 6.50. The van der Waals surface area contributed by atoms with Crippen LogP contribution in [0.2, 0.25) is 0 Å². The molecule has 1 saturated heterocycles. The third kappa shape index (κ3) is 4.44. The number of morpholine rings is 1. The van der Waals surface area contributed by atoms with Crippen LogP contribution >= 0.6 is 12.2 Å². The maximum atomic E-state index is 5.12. The highest BCUT2D eigenvalue weighted by molar-refractivity contribution is 8.00. The lowest BCUT2D eigenvalue weighted by molar-refractivity contribution is 0.0258. The molecule has 4 nitrogen and oxygen atoms in total. The van der Waals surface area contributed by atoms with E-state index in [2.05, 4.69) is 5.43 Å². The Balaban J connectivity index is 0.000001000. The maximum absolute atomic E-state index is 5.12. The molecule has 66 valence electrons. The molecule has 1 rings (SSSR count). The van der Waals surface area contributed by atoms with Crippen LogP contribution in [-0.2, 0) is 17.4 Å². The molecule has 11 heavy (non-hydrogen) atoms. The summed E-state index contributed by atoms with van der Waals surface area (Å²) >= 11 is 9.40. The number of thiocarbonyl (C=S) groups is 1. The smallest absolute Gasteiger partial charge is 0.0612 e. The third-order valence-corrected chi connectivity index (χ3v) is 1.44. The summed E-state index contributed by atoms with van der Waals surface area (Å²) in [5, 5.41) is 1.97. The number of rotatable bonds is 1. The van der Waals surface area contributed by atoms with Crippen molar-refractivity contribution in [3.63, 3.8) is 0 Å².